The Labute approximate surface area is 201 Å². The van der Waals surface area contributed by atoms with Crippen molar-refractivity contribution in [2.45, 2.75) is 6.92 Å². The van der Waals surface area contributed by atoms with Crippen LogP contribution in [0.15, 0.2) is 59.4 Å². The zero-order valence-corrected chi connectivity index (χ0v) is 19.5. The standard InChI is InChI=1S/C25H24N8O2/c1-16-20-8-5-18(13-22(20)32(2)31-16)21-14-23(30-25(29-21)33-9-11-34-12-10-33)28-19-6-3-17(4-7-19)24-26-15-27-35-24/h3-8,13-15H,9-12H2,1-2H3,(H,28,29,30). The predicted molar refractivity (Wildman–Crippen MR) is 133 cm³/mol. The molecule has 0 aliphatic carbocycles. The largest absolute Gasteiger partial charge is 0.378 e. The van der Waals surface area contributed by atoms with Crippen molar-refractivity contribution in [2.75, 3.05) is 36.5 Å². The Balaban J connectivity index is 1.37. The van der Waals surface area contributed by atoms with Gasteiger partial charge in [-0.2, -0.15) is 15.1 Å². The van der Waals surface area contributed by atoms with E-state index in [0.717, 1.165) is 52.2 Å². The minimum atomic E-state index is 0.483. The van der Waals surface area contributed by atoms with Gasteiger partial charge in [-0.15, -0.1) is 0 Å². The molecule has 10 nitrogen and oxygen atoms in total. The quantitative estimate of drug-likeness (QED) is 0.410. The van der Waals surface area contributed by atoms with E-state index in [1.807, 2.05) is 49.0 Å². The summed E-state index contributed by atoms with van der Waals surface area (Å²) in [6, 6.07) is 16.1. The molecular weight excluding hydrogens is 444 g/mol. The number of ether oxygens (including phenoxy) is 1. The van der Waals surface area contributed by atoms with Crippen LogP contribution in [0, 0.1) is 6.92 Å². The van der Waals surface area contributed by atoms with E-state index < -0.39 is 0 Å². The summed E-state index contributed by atoms with van der Waals surface area (Å²) in [7, 11) is 1.96. The van der Waals surface area contributed by atoms with Crippen molar-refractivity contribution in [3.05, 3.63) is 60.6 Å². The van der Waals surface area contributed by atoms with E-state index in [2.05, 4.69) is 43.7 Å². The summed E-state index contributed by atoms with van der Waals surface area (Å²) in [6.45, 7) is 4.85. The molecule has 0 amide bonds. The first-order valence-corrected chi connectivity index (χ1v) is 11.4. The van der Waals surface area contributed by atoms with E-state index >= 15 is 0 Å². The van der Waals surface area contributed by atoms with E-state index in [-0.39, 0.29) is 0 Å². The summed E-state index contributed by atoms with van der Waals surface area (Å²) in [5.41, 5.74) is 5.67. The minimum absolute atomic E-state index is 0.483. The van der Waals surface area contributed by atoms with Crippen LogP contribution in [-0.4, -0.2) is 56.2 Å². The second-order valence-corrected chi connectivity index (χ2v) is 8.43. The molecule has 5 aromatic rings. The maximum Gasteiger partial charge on any atom is 0.257 e. The Kier molecular flexibility index (Phi) is 5.34. The van der Waals surface area contributed by atoms with Crippen LogP contribution in [0.5, 0.6) is 0 Å². The van der Waals surface area contributed by atoms with Gasteiger partial charge in [0.05, 0.1) is 30.1 Å². The third-order valence-corrected chi connectivity index (χ3v) is 6.11. The van der Waals surface area contributed by atoms with Gasteiger partial charge >= 0.3 is 0 Å². The summed E-state index contributed by atoms with van der Waals surface area (Å²) in [5.74, 6) is 1.87. The lowest BCUT2D eigenvalue weighted by Crippen LogP contribution is -2.37. The number of aryl methyl sites for hydroxylation is 2. The Bertz CT molecular complexity index is 1470. The first-order chi connectivity index (χ1) is 17.1. The molecule has 0 saturated carbocycles. The normalized spacial score (nSPS) is 13.9. The van der Waals surface area contributed by atoms with E-state index in [0.29, 0.717) is 30.9 Å². The lowest BCUT2D eigenvalue weighted by molar-refractivity contribution is 0.122. The van der Waals surface area contributed by atoms with Gasteiger partial charge in [-0.05, 0) is 37.3 Å². The smallest absolute Gasteiger partial charge is 0.257 e. The molecule has 10 heteroatoms. The van der Waals surface area contributed by atoms with Crippen molar-refractivity contribution >= 4 is 28.4 Å². The van der Waals surface area contributed by atoms with E-state index in [4.69, 9.17) is 19.2 Å². The summed E-state index contributed by atoms with van der Waals surface area (Å²) in [5, 5.41) is 12.8. The highest BCUT2D eigenvalue weighted by Crippen LogP contribution is 2.29. The van der Waals surface area contributed by atoms with Crippen molar-refractivity contribution in [3.63, 3.8) is 0 Å². The molecule has 1 fully saturated rings. The average molecular weight is 469 g/mol. The Morgan fingerprint density at radius 1 is 0.943 bits per heavy atom. The number of hydrogen-bond acceptors (Lipinski definition) is 9. The Hall–Kier alpha value is -4.31. The number of hydrogen-bond donors (Lipinski definition) is 1. The molecule has 0 atom stereocenters. The Morgan fingerprint density at radius 2 is 1.74 bits per heavy atom. The highest BCUT2D eigenvalue weighted by Gasteiger charge is 2.17. The Morgan fingerprint density at radius 3 is 2.51 bits per heavy atom. The number of aromatic nitrogens is 6. The summed E-state index contributed by atoms with van der Waals surface area (Å²) >= 11 is 0. The van der Waals surface area contributed by atoms with E-state index in [1.54, 1.807) is 0 Å². The predicted octanol–water partition coefficient (Wildman–Crippen LogP) is 3.97. The summed E-state index contributed by atoms with van der Waals surface area (Å²) in [4.78, 5) is 16.0. The average Bonchev–Trinajstić information content (AvgIpc) is 3.53. The summed E-state index contributed by atoms with van der Waals surface area (Å²) < 4.78 is 12.6. The molecule has 0 radical (unpaired) electrons. The maximum absolute atomic E-state index is 5.53. The molecule has 1 aliphatic rings. The van der Waals surface area contributed by atoms with Crippen molar-refractivity contribution in [1.82, 2.24) is 29.9 Å². The molecule has 2 aromatic carbocycles. The van der Waals surface area contributed by atoms with Crippen LogP contribution in [-0.2, 0) is 11.8 Å². The van der Waals surface area contributed by atoms with Crippen molar-refractivity contribution < 1.29 is 9.26 Å². The SMILES string of the molecule is Cc1nn(C)c2cc(-c3cc(Nc4ccc(-c5ncno5)cc4)nc(N4CCOCC4)n3)ccc12. The topological polar surface area (TPSA) is 107 Å². The van der Waals surface area contributed by atoms with Crippen LogP contribution in [0.1, 0.15) is 5.69 Å². The van der Waals surface area contributed by atoms with Gasteiger partial charge in [0.15, 0.2) is 6.33 Å². The second-order valence-electron chi connectivity index (χ2n) is 8.43. The van der Waals surface area contributed by atoms with Crippen molar-refractivity contribution in [2.24, 2.45) is 7.05 Å². The van der Waals surface area contributed by atoms with E-state index in [9.17, 15) is 0 Å². The molecule has 1 saturated heterocycles. The van der Waals surface area contributed by atoms with Gasteiger partial charge < -0.3 is 19.5 Å². The third kappa shape index (κ3) is 4.19. The first kappa shape index (κ1) is 21.2. The third-order valence-electron chi connectivity index (χ3n) is 6.11. The van der Waals surface area contributed by atoms with Gasteiger partial charge in [-0.3, -0.25) is 4.68 Å². The van der Waals surface area contributed by atoms with Crippen LogP contribution in [0.25, 0.3) is 33.6 Å². The number of morpholine rings is 1. The molecule has 0 spiro atoms. The lowest BCUT2D eigenvalue weighted by Gasteiger charge is -2.27. The lowest BCUT2D eigenvalue weighted by atomic mass is 10.1. The molecule has 0 unspecified atom stereocenters. The number of anilines is 3. The molecule has 35 heavy (non-hydrogen) atoms. The minimum Gasteiger partial charge on any atom is -0.378 e. The van der Waals surface area contributed by atoms with Gasteiger partial charge in [-0.25, -0.2) is 4.98 Å². The van der Waals surface area contributed by atoms with Gasteiger partial charge in [0.1, 0.15) is 5.82 Å². The van der Waals surface area contributed by atoms with Gasteiger partial charge in [0, 0.05) is 48.4 Å². The number of fused-ring (bicyclic) bond motifs is 1. The maximum atomic E-state index is 5.53. The molecule has 4 heterocycles. The number of nitrogens with one attached hydrogen (secondary N) is 1. The zero-order valence-electron chi connectivity index (χ0n) is 19.5. The fraction of sp³-hybridized carbons (Fsp3) is 0.240. The van der Waals surface area contributed by atoms with Gasteiger partial charge in [0.2, 0.25) is 5.95 Å². The van der Waals surface area contributed by atoms with Crippen LogP contribution >= 0.6 is 0 Å². The van der Waals surface area contributed by atoms with Crippen LogP contribution in [0.2, 0.25) is 0 Å². The van der Waals surface area contributed by atoms with Crippen LogP contribution in [0.4, 0.5) is 17.5 Å². The number of nitrogens with zero attached hydrogens (tertiary/aromatic N) is 7. The number of rotatable bonds is 5. The number of benzene rings is 2. The molecule has 1 aliphatic heterocycles. The fourth-order valence-corrected chi connectivity index (χ4v) is 4.29. The van der Waals surface area contributed by atoms with Crippen LogP contribution < -0.4 is 10.2 Å². The van der Waals surface area contributed by atoms with E-state index in [1.165, 1.54) is 6.33 Å². The van der Waals surface area contributed by atoms with Gasteiger partial charge in [-0.1, -0.05) is 17.3 Å². The molecule has 176 valence electrons. The van der Waals surface area contributed by atoms with Gasteiger partial charge in [0.25, 0.3) is 5.89 Å². The highest BCUT2D eigenvalue weighted by molar-refractivity contribution is 5.86. The fourth-order valence-electron chi connectivity index (χ4n) is 4.29. The van der Waals surface area contributed by atoms with Crippen molar-refractivity contribution in [3.8, 4) is 22.7 Å². The highest BCUT2D eigenvalue weighted by atomic mass is 16.5. The molecule has 1 N–H and O–H groups in total. The molecular formula is C25H24N8O2. The van der Waals surface area contributed by atoms with Crippen LogP contribution in [0.3, 0.4) is 0 Å². The molecule has 3 aromatic heterocycles. The van der Waals surface area contributed by atoms with Crippen molar-refractivity contribution in [1.29, 1.82) is 0 Å². The first-order valence-electron chi connectivity index (χ1n) is 11.4. The molecule has 0 bridgehead atoms. The zero-order chi connectivity index (χ0) is 23.8. The monoisotopic (exact) mass is 468 g/mol. The molecule has 6 rings (SSSR count). The second kappa shape index (κ2) is 8.80. The summed E-state index contributed by atoms with van der Waals surface area (Å²) in [6.07, 6.45) is 1.39.